The van der Waals surface area contributed by atoms with Crippen molar-refractivity contribution in [3.05, 3.63) is 0 Å². The van der Waals surface area contributed by atoms with Crippen molar-refractivity contribution in [1.29, 1.82) is 10.8 Å². The molecule has 0 aromatic heterocycles. The molecule has 25 heavy (non-hydrogen) atoms. The summed E-state index contributed by atoms with van der Waals surface area (Å²) in [7, 11) is 3.39. The van der Waals surface area contributed by atoms with Crippen LogP contribution in [0.1, 0.15) is 71.1 Å². The Balaban J connectivity index is -0.000000177. The molecule has 0 spiro atoms. The molecule has 0 aromatic carbocycles. The second-order valence-corrected chi connectivity index (χ2v) is 5.75. The molecule has 0 unspecified atom stereocenters. The van der Waals surface area contributed by atoms with Crippen molar-refractivity contribution in [2.75, 3.05) is 14.1 Å². The van der Waals surface area contributed by atoms with E-state index in [-0.39, 0.29) is 53.9 Å². The zero-order chi connectivity index (χ0) is 18.1. The van der Waals surface area contributed by atoms with Crippen LogP contribution in [0.15, 0.2) is 0 Å². The van der Waals surface area contributed by atoms with Gasteiger partial charge in [0.05, 0.1) is 0 Å². The van der Waals surface area contributed by atoms with Gasteiger partial charge < -0.3 is 15.7 Å². The van der Waals surface area contributed by atoms with Gasteiger partial charge in [0, 0.05) is 20.5 Å². The summed E-state index contributed by atoms with van der Waals surface area (Å²) in [6.07, 6.45) is 11.5. The fourth-order valence-corrected chi connectivity index (χ4v) is 1.83. The summed E-state index contributed by atoms with van der Waals surface area (Å²) in [6.45, 7) is 2.23. The summed E-state index contributed by atoms with van der Waals surface area (Å²) in [5, 5.41) is 24.5. The Morgan fingerprint density at radius 2 is 1.40 bits per heavy atom. The molecule has 146 valence electrons. The molecular weight excluding hydrogens is 353 g/mol. The van der Waals surface area contributed by atoms with Crippen LogP contribution in [0.3, 0.4) is 0 Å². The van der Waals surface area contributed by atoms with Gasteiger partial charge in [-0.3, -0.25) is 20.9 Å². The summed E-state index contributed by atoms with van der Waals surface area (Å²) in [5.74, 6) is -0.760. The second-order valence-electron chi connectivity index (χ2n) is 5.75. The maximum absolute atomic E-state index is 10.2. The molecule has 0 saturated carbocycles. The fraction of sp³-hybridized carbons (Fsp3) is 0.812. The van der Waals surface area contributed by atoms with Crippen molar-refractivity contribution >= 4 is 59.9 Å². The molecule has 6 N–H and O–H groups in total. The zero-order valence-corrected chi connectivity index (χ0v) is 16.2. The number of rotatable bonds is 10. The molecule has 0 bridgehead atoms. The van der Waals surface area contributed by atoms with Crippen LogP contribution in [0.25, 0.3) is 0 Å². The number of nitrogens with two attached hydrogens (primary N) is 1. The Labute approximate surface area is 181 Å². The van der Waals surface area contributed by atoms with Gasteiger partial charge in [0.2, 0.25) is 0 Å². The average Bonchev–Trinajstić information content (AvgIpc) is 2.45. The number of carbonyl (C=O) groups is 1. The van der Waals surface area contributed by atoms with E-state index >= 15 is 0 Å². The zero-order valence-electron chi connectivity index (χ0n) is 15.4. The number of aliphatic carboxylic acids is 1. The predicted molar refractivity (Wildman–Crippen MR) is 110 cm³/mol. The maximum atomic E-state index is 10.2. The van der Waals surface area contributed by atoms with E-state index in [4.69, 9.17) is 21.7 Å². The predicted octanol–water partition coefficient (Wildman–Crippen LogP) is 2.73. The molecule has 0 aliphatic carbocycles. The Hall–Kier alpha value is -0.500. The van der Waals surface area contributed by atoms with Crippen LogP contribution in [0.4, 0.5) is 0 Å². The summed E-state index contributed by atoms with van der Waals surface area (Å²) in [4.78, 5) is 11.7. The topological polar surface area (TPSA) is 126 Å². The number of nitrogens with one attached hydrogen (secondary N) is 3. The number of carboxylic acids is 1. The molecule has 0 rings (SSSR count). The standard InChI is InChI=1S/C12H24O2.C4H11N5.ClH.Na.H/c1-2-3-4-5-6-7-8-9-10-11-12(13)14;1-9(2)4(7)8-3(5)6;;;/h2-11H2,1H3,(H,13,14);1-2H3,(H5,5,6,7,8);1H;;. The number of hydrogen-bond acceptors (Lipinski definition) is 3. The van der Waals surface area contributed by atoms with Crippen molar-refractivity contribution < 1.29 is 9.90 Å². The molecular formula is C16H37ClN5NaO2. The molecule has 0 saturated heterocycles. The quantitative estimate of drug-likeness (QED) is 0.170. The summed E-state index contributed by atoms with van der Waals surface area (Å²) in [5.41, 5.74) is 4.94. The first-order chi connectivity index (χ1) is 10.8. The number of hydrogen-bond donors (Lipinski definition) is 5. The third-order valence-electron chi connectivity index (χ3n) is 3.19. The first-order valence-electron chi connectivity index (χ1n) is 8.40. The van der Waals surface area contributed by atoms with E-state index in [1.807, 2.05) is 0 Å². The molecule has 0 aliphatic rings. The van der Waals surface area contributed by atoms with E-state index in [0.29, 0.717) is 6.42 Å². The molecule has 7 nitrogen and oxygen atoms in total. The summed E-state index contributed by atoms with van der Waals surface area (Å²) >= 11 is 0. The monoisotopic (exact) mass is 389 g/mol. The van der Waals surface area contributed by atoms with Crippen LogP contribution < -0.4 is 11.1 Å². The Morgan fingerprint density at radius 1 is 1.00 bits per heavy atom. The van der Waals surface area contributed by atoms with E-state index in [1.165, 1.54) is 49.8 Å². The van der Waals surface area contributed by atoms with Crippen LogP contribution in [-0.2, 0) is 4.79 Å². The van der Waals surface area contributed by atoms with Crippen LogP contribution in [0.2, 0.25) is 0 Å². The molecule has 0 heterocycles. The van der Waals surface area contributed by atoms with Gasteiger partial charge >= 0.3 is 35.5 Å². The van der Waals surface area contributed by atoms with Gasteiger partial charge in [-0.2, -0.15) is 0 Å². The van der Waals surface area contributed by atoms with E-state index in [1.54, 1.807) is 14.1 Å². The second kappa shape index (κ2) is 23.5. The van der Waals surface area contributed by atoms with Crippen molar-refractivity contribution in [2.45, 2.75) is 71.1 Å². The molecule has 9 heteroatoms. The van der Waals surface area contributed by atoms with Gasteiger partial charge in [0.15, 0.2) is 11.9 Å². The minimum atomic E-state index is -0.659. The van der Waals surface area contributed by atoms with Gasteiger partial charge in [0.25, 0.3) is 0 Å². The Bertz CT molecular complexity index is 344. The van der Waals surface area contributed by atoms with E-state index < -0.39 is 5.97 Å². The van der Waals surface area contributed by atoms with Crippen molar-refractivity contribution in [3.63, 3.8) is 0 Å². The van der Waals surface area contributed by atoms with Gasteiger partial charge in [-0.05, 0) is 6.42 Å². The number of unbranched alkanes of at least 4 members (excludes halogenated alkanes) is 8. The van der Waals surface area contributed by atoms with E-state index in [0.717, 1.165) is 12.8 Å². The fourth-order valence-electron chi connectivity index (χ4n) is 1.83. The molecule has 0 aromatic rings. The molecule has 0 fully saturated rings. The normalized spacial score (nSPS) is 8.76. The molecule has 0 aliphatic heterocycles. The van der Waals surface area contributed by atoms with Crippen LogP contribution in [-0.4, -0.2) is 71.5 Å². The Morgan fingerprint density at radius 3 is 1.68 bits per heavy atom. The molecule has 0 atom stereocenters. The minimum absolute atomic E-state index is 0. The first kappa shape index (κ1) is 32.2. The van der Waals surface area contributed by atoms with Gasteiger partial charge in [0.1, 0.15) is 0 Å². The van der Waals surface area contributed by atoms with E-state index in [2.05, 4.69) is 12.2 Å². The van der Waals surface area contributed by atoms with E-state index in [9.17, 15) is 4.79 Å². The van der Waals surface area contributed by atoms with Gasteiger partial charge in [-0.15, -0.1) is 12.4 Å². The summed E-state index contributed by atoms with van der Waals surface area (Å²) < 4.78 is 0. The van der Waals surface area contributed by atoms with Crippen molar-refractivity contribution in [1.82, 2.24) is 10.2 Å². The summed E-state index contributed by atoms with van der Waals surface area (Å²) in [6, 6.07) is 0. The molecule has 0 amide bonds. The van der Waals surface area contributed by atoms with Crippen LogP contribution >= 0.6 is 12.4 Å². The number of guanidine groups is 2. The third kappa shape index (κ3) is 31.7. The first-order valence-corrected chi connectivity index (χ1v) is 8.40. The van der Waals surface area contributed by atoms with Gasteiger partial charge in [-0.25, -0.2) is 0 Å². The Kier molecular flexibility index (Phi) is 30.3. The van der Waals surface area contributed by atoms with Crippen molar-refractivity contribution in [2.24, 2.45) is 5.73 Å². The molecule has 0 radical (unpaired) electrons. The van der Waals surface area contributed by atoms with Crippen LogP contribution in [0.5, 0.6) is 0 Å². The SMILES string of the molecule is CCCCCCCCCCCC(=O)O.CN(C)C(=N)NC(=N)N.Cl.[NaH]. The van der Waals surface area contributed by atoms with Crippen LogP contribution in [0, 0.1) is 10.8 Å². The average molecular weight is 390 g/mol. The number of nitrogens with zero attached hydrogens (tertiary/aromatic N) is 1. The number of halogens is 1. The van der Waals surface area contributed by atoms with Gasteiger partial charge in [-0.1, -0.05) is 58.3 Å². The van der Waals surface area contributed by atoms with Crippen molar-refractivity contribution in [3.8, 4) is 0 Å². The number of carboxylic acid groups (broad SMARTS) is 1. The third-order valence-corrected chi connectivity index (χ3v) is 3.19.